The lowest BCUT2D eigenvalue weighted by Crippen LogP contribution is -2.14. The number of hydrogen-bond donors (Lipinski definition) is 1. The SMILES string of the molecule is COC(=O)CCCCC(=O)Nc1cc(C(F)(F)F)ccn1. The van der Waals surface area contributed by atoms with Crippen LogP contribution in [-0.2, 0) is 20.5 Å². The largest absolute Gasteiger partial charge is 0.469 e. The van der Waals surface area contributed by atoms with E-state index in [9.17, 15) is 22.8 Å². The lowest BCUT2D eigenvalue weighted by atomic mass is 10.2. The average Bonchev–Trinajstić information content (AvgIpc) is 2.42. The maximum atomic E-state index is 12.5. The van der Waals surface area contributed by atoms with Crippen LogP contribution in [0.4, 0.5) is 19.0 Å². The minimum Gasteiger partial charge on any atom is -0.469 e. The van der Waals surface area contributed by atoms with E-state index in [4.69, 9.17) is 0 Å². The van der Waals surface area contributed by atoms with Gasteiger partial charge in [-0.1, -0.05) is 0 Å². The van der Waals surface area contributed by atoms with Gasteiger partial charge in [-0.15, -0.1) is 0 Å². The lowest BCUT2D eigenvalue weighted by Gasteiger charge is -2.09. The number of nitrogens with zero attached hydrogens (tertiary/aromatic N) is 1. The molecule has 0 aromatic carbocycles. The van der Waals surface area contributed by atoms with Gasteiger partial charge in [0, 0.05) is 19.0 Å². The first-order chi connectivity index (χ1) is 9.82. The second-order valence-electron chi connectivity index (χ2n) is 4.26. The van der Waals surface area contributed by atoms with Crippen LogP contribution in [-0.4, -0.2) is 24.0 Å². The van der Waals surface area contributed by atoms with Crippen LogP contribution in [0, 0.1) is 0 Å². The van der Waals surface area contributed by atoms with E-state index in [1.807, 2.05) is 0 Å². The smallest absolute Gasteiger partial charge is 0.416 e. The van der Waals surface area contributed by atoms with E-state index in [2.05, 4.69) is 15.0 Å². The highest BCUT2D eigenvalue weighted by Crippen LogP contribution is 2.29. The summed E-state index contributed by atoms with van der Waals surface area (Å²) >= 11 is 0. The van der Waals surface area contributed by atoms with Crippen molar-refractivity contribution < 1.29 is 27.5 Å². The van der Waals surface area contributed by atoms with Gasteiger partial charge in [-0.05, 0) is 25.0 Å². The minimum absolute atomic E-state index is 0.0922. The molecule has 1 amide bonds. The van der Waals surface area contributed by atoms with Gasteiger partial charge in [0.25, 0.3) is 0 Å². The normalized spacial score (nSPS) is 11.0. The molecule has 8 heteroatoms. The van der Waals surface area contributed by atoms with Crippen LogP contribution < -0.4 is 5.32 Å². The van der Waals surface area contributed by atoms with Crippen LogP contribution in [0.2, 0.25) is 0 Å². The molecule has 0 fully saturated rings. The number of nitrogens with one attached hydrogen (secondary N) is 1. The molecule has 0 aliphatic rings. The Bertz CT molecular complexity index is 504. The first kappa shape index (κ1) is 16.9. The van der Waals surface area contributed by atoms with E-state index in [1.54, 1.807) is 0 Å². The molecule has 0 aliphatic heterocycles. The monoisotopic (exact) mass is 304 g/mol. The highest BCUT2D eigenvalue weighted by molar-refractivity contribution is 5.89. The van der Waals surface area contributed by atoms with Gasteiger partial charge in [0.15, 0.2) is 0 Å². The molecule has 0 saturated carbocycles. The standard InChI is InChI=1S/C13H15F3N2O3/c1-21-12(20)5-3-2-4-11(19)18-10-8-9(6-7-17-10)13(14,15)16/h6-8H,2-5H2,1H3,(H,17,18,19). The van der Waals surface area contributed by atoms with Gasteiger partial charge in [-0.25, -0.2) is 4.98 Å². The van der Waals surface area contributed by atoms with Crippen molar-refractivity contribution in [2.24, 2.45) is 0 Å². The molecule has 0 unspecified atom stereocenters. The summed E-state index contributed by atoms with van der Waals surface area (Å²) in [6.07, 6.45) is -2.31. The Morgan fingerprint density at radius 3 is 2.57 bits per heavy atom. The number of anilines is 1. The molecule has 0 bridgehead atoms. The number of aromatic nitrogens is 1. The van der Waals surface area contributed by atoms with Crippen molar-refractivity contribution in [1.29, 1.82) is 0 Å². The Labute approximate surface area is 119 Å². The highest BCUT2D eigenvalue weighted by Gasteiger charge is 2.30. The van der Waals surface area contributed by atoms with Crippen molar-refractivity contribution in [1.82, 2.24) is 4.98 Å². The molecule has 21 heavy (non-hydrogen) atoms. The minimum atomic E-state index is -4.48. The van der Waals surface area contributed by atoms with Crippen molar-refractivity contribution in [3.05, 3.63) is 23.9 Å². The van der Waals surface area contributed by atoms with Crippen LogP contribution in [0.5, 0.6) is 0 Å². The van der Waals surface area contributed by atoms with Gasteiger partial charge in [0.1, 0.15) is 5.82 Å². The summed E-state index contributed by atoms with van der Waals surface area (Å²) in [5, 5.41) is 2.29. The summed E-state index contributed by atoms with van der Waals surface area (Å²) in [6, 6.07) is 1.60. The molecule has 5 nitrogen and oxygen atoms in total. The van der Waals surface area contributed by atoms with Crippen LogP contribution >= 0.6 is 0 Å². The zero-order chi connectivity index (χ0) is 15.9. The third-order valence-corrected chi connectivity index (χ3v) is 2.62. The predicted octanol–water partition coefficient (Wildman–Crippen LogP) is 2.77. The fourth-order valence-electron chi connectivity index (χ4n) is 1.54. The maximum absolute atomic E-state index is 12.5. The predicted molar refractivity (Wildman–Crippen MR) is 68.4 cm³/mol. The molecule has 0 spiro atoms. The number of unbranched alkanes of at least 4 members (excludes halogenated alkanes) is 1. The fourth-order valence-corrected chi connectivity index (χ4v) is 1.54. The topological polar surface area (TPSA) is 68.3 Å². The number of carbonyl (C=O) groups excluding carboxylic acids is 2. The summed E-state index contributed by atoms with van der Waals surface area (Å²) < 4.78 is 41.9. The summed E-state index contributed by atoms with van der Waals surface area (Å²) in [4.78, 5) is 26.0. The molecule has 0 atom stereocenters. The Morgan fingerprint density at radius 2 is 1.95 bits per heavy atom. The molecule has 1 rings (SSSR count). The molecular formula is C13H15F3N2O3. The van der Waals surface area contributed by atoms with Crippen LogP contribution in [0.25, 0.3) is 0 Å². The number of amides is 1. The van der Waals surface area contributed by atoms with Crippen molar-refractivity contribution in [2.75, 3.05) is 12.4 Å². The van der Waals surface area contributed by atoms with E-state index in [-0.39, 0.29) is 24.6 Å². The molecule has 0 saturated heterocycles. The summed E-state index contributed by atoms with van der Waals surface area (Å²) in [5.74, 6) is -0.968. The first-order valence-corrected chi connectivity index (χ1v) is 6.23. The summed E-state index contributed by atoms with van der Waals surface area (Å²) in [5.41, 5.74) is -0.876. The lowest BCUT2D eigenvalue weighted by molar-refractivity contribution is -0.141. The average molecular weight is 304 g/mol. The molecule has 1 N–H and O–H groups in total. The molecule has 1 heterocycles. The summed E-state index contributed by atoms with van der Waals surface area (Å²) in [7, 11) is 1.27. The Morgan fingerprint density at radius 1 is 1.29 bits per heavy atom. The highest BCUT2D eigenvalue weighted by atomic mass is 19.4. The Kier molecular flexibility index (Phi) is 6.13. The van der Waals surface area contributed by atoms with E-state index >= 15 is 0 Å². The van der Waals surface area contributed by atoms with Crippen molar-refractivity contribution >= 4 is 17.7 Å². The molecule has 0 radical (unpaired) electrons. The number of alkyl halides is 3. The van der Waals surface area contributed by atoms with E-state index in [0.29, 0.717) is 12.8 Å². The third-order valence-electron chi connectivity index (χ3n) is 2.62. The van der Waals surface area contributed by atoms with Gasteiger partial charge in [0.2, 0.25) is 5.91 Å². The third kappa shape index (κ3) is 6.24. The molecular weight excluding hydrogens is 289 g/mol. The second-order valence-corrected chi connectivity index (χ2v) is 4.26. The number of ether oxygens (including phenoxy) is 1. The number of pyridine rings is 1. The number of esters is 1. The van der Waals surface area contributed by atoms with E-state index in [1.165, 1.54) is 7.11 Å². The molecule has 116 valence electrons. The van der Waals surface area contributed by atoms with E-state index in [0.717, 1.165) is 18.3 Å². The second kappa shape index (κ2) is 7.61. The number of halogens is 3. The molecule has 1 aromatic rings. The van der Waals surface area contributed by atoms with Gasteiger partial charge >= 0.3 is 12.1 Å². The molecule has 0 aliphatic carbocycles. The molecule has 1 aromatic heterocycles. The van der Waals surface area contributed by atoms with Crippen LogP contribution in [0.3, 0.4) is 0 Å². The fraction of sp³-hybridized carbons (Fsp3) is 0.462. The number of rotatable bonds is 6. The van der Waals surface area contributed by atoms with Gasteiger partial charge in [-0.2, -0.15) is 13.2 Å². The quantitative estimate of drug-likeness (QED) is 0.648. The van der Waals surface area contributed by atoms with E-state index < -0.39 is 17.6 Å². The van der Waals surface area contributed by atoms with Crippen molar-refractivity contribution in [3.63, 3.8) is 0 Å². The first-order valence-electron chi connectivity index (χ1n) is 6.23. The van der Waals surface area contributed by atoms with Crippen molar-refractivity contribution in [3.8, 4) is 0 Å². The van der Waals surface area contributed by atoms with Crippen LogP contribution in [0.1, 0.15) is 31.2 Å². The van der Waals surface area contributed by atoms with Gasteiger partial charge in [-0.3, -0.25) is 9.59 Å². The van der Waals surface area contributed by atoms with Crippen molar-refractivity contribution in [2.45, 2.75) is 31.9 Å². The zero-order valence-electron chi connectivity index (χ0n) is 11.4. The number of methoxy groups -OCH3 is 1. The maximum Gasteiger partial charge on any atom is 0.416 e. The Balaban J connectivity index is 2.43. The van der Waals surface area contributed by atoms with Crippen LogP contribution in [0.15, 0.2) is 18.3 Å². The number of hydrogen-bond acceptors (Lipinski definition) is 4. The zero-order valence-corrected chi connectivity index (χ0v) is 11.4. The van der Waals surface area contributed by atoms with Gasteiger partial charge < -0.3 is 10.1 Å². The summed E-state index contributed by atoms with van der Waals surface area (Å²) in [6.45, 7) is 0. The number of carbonyl (C=O) groups is 2. The van der Waals surface area contributed by atoms with Gasteiger partial charge in [0.05, 0.1) is 12.7 Å². The Hall–Kier alpha value is -2.12.